The summed E-state index contributed by atoms with van der Waals surface area (Å²) >= 11 is 0. The van der Waals surface area contributed by atoms with Crippen LogP contribution in [0.25, 0.3) is 0 Å². The number of rotatable bonds is 10. The zero-order valence-corrected chi connectivity index (χ0v) is 12.0. The van der Waals surface area contributed by atoms with Crippen LogP contribution in [0.3, 0.4) is 0 Å². The zero-order chi connectivity index (χ0) is 13.9. The SMILES string of the molecule is CCCCCCCCCNc1ccc(C(N)=O)cc1. The van der Waals surface area contributed by atoms with Crippen molar-refractivity contribution < 1.29 is 4.79 Å². The van der Waals surface area contributed by atoms with Gasteiger partial charge >= 0.3 is 0 Å². The Balaban J connectivity index is 2.07. The molecule has 0 bridgehead atoms. The number of hydrogen-bond acceptors (Lipinski definition) is 2. The van der Waals surface area contributed by atoms with Crippen molar-refractivity contribution >= 4 is 11.6 Å². The third-order valence-corrected chi connectivity index (χ3v) is 3.28. The molecule has 0 unspecified atom stereocenters. The molecule has 0 spiro atoms. The number of amides is 1. The van der Waals surface area contributed by atoms with E-state index in [-0.39, 0.29) is 5.91 Å². The van der Waals surface area contributed by atoms with E-state index in [4.69, 9.17) is 5.73 Å². The van der Waals surface area contributed by atoms with Crippen LogP contribution in [0.4, 0.5) is 5.69 Å². The number of benzene rings is 1. The van der Waals surface area contributed by atoms with E-state index in [1.807, 2.05) is 12.1 Å². The zero-order valence-electron chi connectivity index (χ0n) is 12.0. The average Bonchev–Trinajstić information content (AvgIpc) is 2.42. The van der Waals surface area contributed by atoms with E-state index in [9.17, 15) is 4.79 Å². The average molecular weight is 262 g/mol. The summed E-state index contributed by atoms with van der Waals surface area (Å²) in [5.41, 5.74) is 6.80. The first-order valence-electron chi connectivity index (χ1n) is 7.37. The van der Waals surface area contributed by atoms with Gasteiger partial charge in [0, 0.05) is 17.8 Å². The van der Waals surface area contributed by atoms with Crippen molar-refractivity contribution in [3.63, 3.8) is 0 Å². The first-order chi connectivity index (χ1) is 9.24. The summed E-state index contributed by atoms with van der Waals surface area (Å²) in [6, 6.07) is 7.33. The van der Waals surface area contributed by atoms with E-state index in [2.05, 4.69) is 12.2 Å². The molecule has 3 N–H and O–H groups in total. The van der Waals surface area contributed by atoms with Crippen LogP contribution in [0.1, 0.15) is 62.2 Å². The quantitative estimate of drug-likeness (QED) is 0.627. The van der Waals surface area contributed by atoms with Gasteiger partial charge in [0.15, 0.2) is 0 Å². The molecule has 0 saturated carbocycles. The van der Waals surface area contributed by atoms with Gasteiger partial charge in [0.05, 0.1) is 0 Å². The smallest absolute Gasteiger partial charge is 0.248 e. The van der Waals surface area contributed by atoms with Crippen LogP contribution in [-0.4, -0.2) is 12.5 Å². The maximum Gasteiger partial charge on any atom is 0.248 e. The molecule has 0 aliphatic carbocycles. The van der Waals surface area contributed by atoms with Crippen molar-refractivity contribution in [2.24, 2.45) is 5.73 Å². The van der Waals surface area contributed by atoms with Gasteiger partial charge in [0.1, 0.15) is 0 Å². The minimum atomic E-state index is -0.376. The molecule has 0 fully saturated rings. The lowest BCUT2D eigenvalue weighted by atomic mass is 10.1. The third-order valence-electron chi connectivity index (χ3n) is 3.28. The summed E-state index contributed by atoms with van der Waals surface area (Å²) < 4.78 is 0. The molecular weight excluding hydrogens is 236 g/mol. The van der Waals surface area contributed by atoms with Crippen molar-refractivity contribution in [2.45, 2.75) is 51.9 Å². The highest BCUT2D eigenvalue weighted by Crippen LogP contribution is 2.10. The van der Waals surface area contributed by atoms with E-state index in [0.717, 1.165) is 12.2 Å². The van der Waals surface area contributed by atoms with Crippen LogP contribution < -0.4 is 11.1 Å². The standard InChI is InChI=1S/C16H26N2O/c1-2-3-4-5-6-7-8-13-18-15-11-9-14(10-12-15)16(17)19/h9-12,18H,2-8,13H2,1H3,(H2,17,19). The monoisotopic (exact) mass is 262 g/mol. The highest BCUT2D eigenvalue weighted by Gasteiger charge is 1.99. The number of carbonyl (C=O) groups excluding carboxylic acids is 1. The fourth-order valence-corrected chi connectivity index (χ4v) is 2.07. The molecule has 3 nitrogen and oxygen atoms in total. The third kappa shape index (κ3) is 6.85. The molecule has 0 aromatic heterocycles. The van der Waals surface area contributed by atoms with Crippen LogP contribution >= 0.6 is 0 Å². The number of hydrogen-bond donors (Lipinski definition) is 2. The highest BCUT2D eigenvalue weighted by atomic mass is 16.1. The molecule has 1 aromatic rings. The first kappa shape index (κ1) is 15.5. The van der Waals surface area contributed by atoms with Crippen LogP contribution in [0.2, 0.25) is 0 Å². The predicted octanol–water partition coefficient (Wildman–Crippen LogP) is 3.95. The van der Waals surface area contributed by atoms with Gasteiger partial charge in [-0.1, -0.05) is 45.4 Å². The van der Waals surface area contributed by atoms with Gasteiger partial charge in [-0.15, -0.1) is 0 Å². The molecule has 0 aliphatic heterocycles. The minimum absolute atomic E-state index is 0.376. The Morgan fingerprint density at radius 2 is 1.58 bits per heavy atom. The second-order valence-corrected chi connectivity index (χ2v) is 4.99. The predicted molar refractivity (Wildman–Crippen MR) is 81.4 cm³/mol. The van der Waals surface area contributed by atoms with Crippen LogP contribution in [0, 0.1) is 0 Å². The Kier molecular flexibility index (Phi) is 7.71. The van der Waals surface area contributed by atoms with E-state index >= 15 is 0 Å². The van der Waals surface area contributed by atoms with Gasteiger partial charge in [-0.05, 0) is 30.7 Å². The van der Waals surface area contributed by atoms with E-state index in [0.29, 0.717) is 5.56 Å². The molecule has 19 heavy (non-hydrogen) atoms. The number of primary amides is 1. The van der Waals surface area contributed by atoms with E-state index in [1.165, 1.54) is 44.9 Å². The van der Waals surface area contributed by atoms with Gasteiger partial charge in [0.25, 0.3) is 0 Å². The van der Waals surface area contributed by atoms with Crippen LogP contribution in [0.15, 0.2) is 24.3 Å². The van der Waals surface area contributed by atoms with Crippen molar-refractivity contribution in [3.05, 3.63) is 29.8 Å². The van der Waals surface area contributed by atoms with Crippen molar-refractivity contribution in [3.8, 4) is 0 Å². The summed E-state index contributed by atoms with van der Waals surface area (Å²) in [5, 5.41) is 3.36. The Morgan fingerprint density at radius 1 is 1.00 bits per heavy atom. The lowest BCUT2D eigenvalue weighted by molar-refractivity contribution is 0.100. The molecule has 1 rings (SSSR count). The molecule has 1 aromatic carbocycles. The van der Waals surface area contributed by atoms with E-state index in [1.54, 1.807) is 12.1 Å². The Hall–Kier alpha value is -1.51. The molecule has 106 valence electrons. The lowest BCUT2D eigenvalue weighted by Crippen LogP contribution is -2.10. The molecule has 1 amide bonds. The number of nitrogens with two attached hydrogens (primary N) is 1. The van der Waals surface area contributed by atoms with Crippen molar-refractivity contribution in [2.75, 3.05) is 11.9 Å². The topological polar surface area (TPSA) is 55.1 Å². The Bertz CT molecular complexity index is 360. The molecule has 0 heterocycles. The van der Waals surface area contributed by atoms with Gasteiger partial charge in [-0.3, -0.25) is 4.79 Å². The molecule has 0 saturated heterocycles. The second kappa shape index (κ2) is 9.42. The summed E-state index contributed by atoms with van der Waals surface area (Å²) in [4.78, 5) is 10.9. The number of nitrogens with one attached hydrogen (secondary N) is 1. The summed E-state index contributed by atoms with van der Waals surface area (Å²) in [5.74, 6) is -0.376. The second-order valence-electron chi connectivity index (χ2n) is 4.99. The van der Waals surface area contributed by atoms with Gasteiger partial charge in [-0.25, -0.2) is 0 Å². The number of unbranched alkanes of at least 4 members (excludes halogenated alkanes) is 6. The molecular formula is C16H26N2O. The minimum Gasteiger partial charge on any atom is -0.385 e. The summed E-state index contributed by atoms with van der Waals surface area (Å²) in [7, 11) is 0. The van der Waals surface area contributed by atoms with Gasteiger partial charge in [-0.2, -0.15) is 0 Å². The van der Waals surface area contributed by atoms with Crippen LogP contribution in [-0.2, 0) is 0 Å². The fraction of sp³-hybridized carbons (Fsp3) is 0.562. The van der Waals surface area contributed by atoms with Crippen molar-refractivity contribution in [1.29, 1.82) is 0 Å². The molecule has 0 atom stereocenters. The fourth-order valence-electron chi connectivity index (χ4n) is 2.07. The maximum absolute atomic E-state index is 10.9. The normalized spacial score (nSPS) is 10.4. The number of anilines is 1. The summed E-state index contributed by atoms with van der Waals surface area (Å²) in [6.07, 6.45) is 9.23. The van der Waals surface area contributed by atoms with Crippen LogP contribution in [0.5, 0.6) is 0 Å². The largest absolute Gasteiger partial charge is 0.385 e. The lowest BCUT2D eigenvalue weighted by Gasteiger charge is -2.06. The molecule has 0 radical (unpaired) electrons. The van der Waals surface area contributed by atoms with Gasteiger partial charge < -0.3 is 11.1 Å². The van der Waals surface area contributed by atoms with E-state index < -0.39 is 0 Å². The Labute approximate surface area is 116 Å². The molecule has 0 aliphatic rings. The van der Waals surface area contributed by atoms with Crippen molar-refractivity contribution in [1.82, 2.24) is 0 Å². The Morgan fingerprint density at radius 3 is 2.16 bits per heavy atom. The maximum atomic E-state index is 10.9. The summed E-state index contributed by atoms with van der Waals surface area (Å²) in [6.45, 7) is 3.23. The number of carbonyl (C=O) groups is 1. The molecule has 3 heteroatoms. The highest BCUT2D eigenvalue weighted by molar-refractivity contribution is 5.93. The van der Waals surface area contributed by atoms with Gasteiger partial charge in [0.2, 0.25) is 5.91 Å². The first-order valence-corrected chi connectivity index (χ1v) is 7.37.